The van der Waals surface area contributed by atoms with Crippen molar-refractivity contribution in [3.8, 4) is 11.5 Å². The second kappa shape index (κ2) is 12.6. The molecule has 0 radical (unpaired) electrons. The van der Waals surface area contributed by atoms with Gasteiger partial charge in [-0.15, -0.1) is 24.0 Å². The Hall–Kier alpha value is -2.01. The highest BCUT2D eigenvalue weighted by Gasteiger charge is 2.21. The van der Waals surface area contributed by atoms with Gasteiger partial charge in [0.2, 0.25) is 0 Å². The maximum absolute atomic E-state index is 12.7. The first kappa shape index (κ1) is 26.0. The molecule has 0 aliphatic carbocycles. The van der Waals surface area contributed by atoms with E-state index in [9.17, 15) is 8.42 Å². The fourth-order valence-corrected chi connectivity index (χ4v) is 4.37. The van der Waals surface area contributed by atoms with Crippen LogP contribution in [0.15, 0.2) is 58.4 Å². The van der Waals surface area contributed by atoms with Crippen LogP contribution in [0.1, 0.15) is 20.3 Å². The summed E-state index contributed by atoms with van der Waals surface area (Å²) in [4.78, 5) is 4.53. The molecule has 0 aromatic heterocycles. The molecule has 2 aromatic rings. The Morgan fingerprint density at radius 3 is 2.37 bits per heavy atom. The molecule has 0 saturated heterocycles. The third-order valence-electron chi connectivity index (χ3n) is 4.31. The van der Waals surface area contributed by atoms with Gasteiger partial charge in [-0.05, 0) is 37.6 Å². The van der Waals surface area contributed by atoms with E-state index in [4.69, 9.17) is 9.47 Å². The van der Waals surface area contributed by atoms with Crippen LogP contribution in [0.4, 0.5) is 5.69 Å². The molecule has 0 heterocycles. The molecule has 0 aliphatic heterocycles. The Kier molecular flexibility index (Phi) is 11.0. The van der Waals surface area contributed by atoms with Crippen LogP contribution in [0.5, 0.6) is 11.5 Å². The van der Waals surface area contributed by atoms with Crippen LogP contribution in [-0.4, -0.2) is 46.9 Å². The van der Waals surface area contributed by atoms with E-state index in [1.54, 1.807) is 50.6 Å². The molecule has 0 amide bonds. The number of nitrogens with zero attached hydrogens (tertiary/aromatic N) is 1. The van der Waals surface area contributed by atoms with Crippen LogP contribution < -0.4 is 20.1 Å². The minimum atomic E-state index is -3.40. The molecule has 9 heteroatoms. The lowest BCUT2D eigenvalue weighted by molar-refractivity contribution is 0.311. The molecule has 0 aliphatic rings. The molecule has 0 saturated carbocycles. The largest absolute Gasteiger partial charge is 0.493 e. The molecule has 0 bridgehead atoms. The number of halogens is 1. The summed E-state index contributed by atoms with van der Waals surface area (Å²) in [6.45, 7) is 4.39. The number of sulfone groups is 1. The Morgan fingerprint density at radius 1 is 1.10 bits per heavy atom. The normalized spacial score (nSPS) is 12.5. The molecule has 30 heavy (non-hydrogen) atoms. The summed E-state index contributed by atoms with van der Waals surface area (Å²) in [5, 5.41) is 6.36. The smallest absolute Gasteiger partial charge is 0.195 e. The highest BCUT2D eigenvalue weighted by Crippen LogP contribution is 2.30. The van der Waals surface area contributed by atoms with E-state index >= 15 is 0 Å². The van der Waals surface area contributed by atoms with Gasteiger partial charge in [0.05, 0.1) is 24.4 Å². The van der Waals surface area contributed by atoms with Crippen LogP contribution >= 0.6 is 24.0 Å². The van der Waals surface area contributed by atoms with E-state index in [-0.39, 0.29) is 35.8 Å². The topological polar surface area (TPSA) is 89.0 Å². The van der Waals surface area contributed by atoms with E-state index in [2.05, 4.69) is 15.6 Å². The van der Waals surface area contributed by atoms with Gasteiger partial charge in [-0.1, -0.05) is 25.1 Å². The molecule has 2 rings (SSSR count). The quantitative estimate of drug-likeness (QED) is 0.281. The first-order valence-corrected chi connectivity index (χ1v) is 11.2. The van der Waals surface area contributed by atoms with Crippen LogP contribution in [0, 0.1) is 0 Å². The molecule has 0 spiro atoms. The van der Waals surface area contributed by atoms with Gasteiger partial charge in [-0.3, -0.25) is 4.99 Å². The first-order chi connectivity index (χ1) is 13.9. The molecule has 2 aromatic carbocycles. The van der Waals surface area contributed by atoms with Crippen molar-refractivity contribution in [2.45, 2.75) is 31.2 Å². The Balaban J connectivity index is 0.00000450. The zero-order valence-corrected chi connectivity index (χ0v) is 20.9. The van der Waals surface area contributed by atoms with Gasteiger partial charge in [0.1, 0.15) is 0 Å². The molecule has 7 nitrogen and oxygen atoms in total. The second-order valence-electron chi connectivity index (χ2n) is 6.34. The van der Waals surface area contributed by atoms with E-state index in [1.807, 2.05) is 26.0 Å². The fourth-order valence-electron chi connectivity index (χ4n) is 2.76. The summed E-state index contributed by atoms with van der Waals surface area (Å²) < 4.78 is 36.3. The van der Waals surface area contributed by atoms with Gasteiger partial charge in [0, 0.05) is 24.8 Å². The van der Waals surface area contributed by atoms with Crippen molar-refractivity contribution in [2.75, 3.05) is 31.8 Å². The van der Waals surface area contributed by atoms with E-state index in [0.717, 1.165) is 5.69 Å². The second-order valence-corrected chi connectivity index (χ2v) is 8.37. The predicted octanol–water partition coefficient (Wildman–Crippen LogP) is 3.95. The maximum Gasteiger partial charge on any atom is 0.195 e. The van der Waals surface area contributed by atoms with Gasteiger partial charge in [-0.2, -0.15) is 0 Å². The van der Waals surface area contributed by atoms with Crippen LogP contribution in [0.3, 0.4) is 0 Å². The van der Waals surface area contributed by atoms with Crippen molar-refractivity contribution >= 4 is 45.5 Å². The van der Waals surface area contributed by atoms with E-state index in [0.29, 0.717) is 35.4 Å². The molecule has 0 fully saturated rings. The number of ether oxygens (including phenoxy) is 2. The lowest BCUT2D eigenvalue weighted by Crippen LogP contribution is -2.42. The van der Waals surface area contributed by atoms with E-state index in [1.165, 1.54) is 0 Å². The van der Waals surface area contributed by atoms with Crippen LogP contribution in [0.2, 0.25) is 0 Å². The SMILES string of the molecule is CCOc1ccc(NC(=NC)NC(CC)CS(=O)(=O)c2ccccc2)cc1OC.I. The van der Waals surface area contributed by atoms with Crippen LogP contribution in [-0.2, 0) is 9.84 Å². The average molecular weight is 547 g/mol. The molecule has 166 valence electrons. The van der Waals surface area contributed by atoms with Crippen molar-refractivity contribution in [1.82, 2.24) is 5.32 Å². The first-order valence-electron chi connectivity index (χ1n) is 9.52. The summed E-state index contributed by atoms with van der Waals surface area (Å²) in [6.07, 6.45) is 0.624. The monoisotopic (exact) mass is 547 g/mol. The minimum absolute atomic E-state index is 0. The third kappa shape index (κ3) is 7.35. The highest BCUT2D eigenvalue weighted by atomic mass is 127. The zero-order valence-electron chi connectivity index (χ0n) is 17.7. The molecule has 1 atom stereocenters. The number of methoxy groups -OCH3 is 1. The third-order valence-corrected chi connectivity index (χ3v) is 6.14. The molecule has 1 unspecified atom stereocenters. The fraction of sp³-hybridized carbons (Fsp3) is 0.381. The zero-order chi connectivity index (χ0) is 21.3. The molecular formula is C21H30IN3O4S. The Bertz CT molecular complexity index is 921. The van der Waals surface area contributed by atoms with Gasteiger partial charge >= 0.3 is 0 Å². The maximum atomic E-state index is 12.7. The number of aliphatic imine (C=N–C) groups is 1. The van der Waals surface area contributed by atoms with Gasteiger partial charge in [0.25, 0.3) is 0 Å². The van der Waals surface area contributed by atoms with Crippen molar-refractivity contribution < 1.29 is 17.9 Å². The lowest BCUT2D eigenvalue weighted by Gasteiger charge is -2.21. The van der Waals surface area contributed by atoms with Gasteiger partial charge in [0.15, 0.2) is 27.3 Å². The predicted molar refractivity (Wildman–Crippen MR) is 132 cm³/mol. The Morgan fingerprint density at radius 2 is 1.80 bits per heavy atom. The van der Waals surface area contributed by atoms with Gasteiger partial charge < -0.3 is 20.1 Å². The summed E-state index contributed by atoms with van der Waals surface area (Å²) in [5.41, 5.74) is 0.749. The summed E-state index contributed by atoms with van der Waals surface area (Å²) in [7, 11) is -0.185. The summed E-state index contributed by atoms with van der Waals surface area (Å²) in [5.74, 6) is 1.71. The van der Waals surface area contributed by atoms with Crippen molar-refractivity contribution in [3.63, 3.8) is 0 Å². The number of guanidine groups is 1. The van der Waals surface area contributed by atoms with Crippen molar-refractivity contribution in [2.24, 2.45) is 4.99 Å². The lowest BCUT2D eigenvalue weighted by atomic mass is 10.2. The average Bonchev–Trinajstić information content (AvgIpc) is 2.74. The summed E-state index contributed by atoms with van der Waals surface area (Å²) in [6, 6.07) is 13.6. The number of anilines is 1. The van der Waals surface area contributed by atoms with E-state index < -0.39 is 9.84 Å². The highest BCUT2D eigenvalue weighted by molar-refractivity contribution is 14.0. The number of benzene rings is 2. The number of hydrogen-bond donors (Lipinski definition) is 2. The molecule has 2 N–H and O–H groups in total. The minimum Gasteiger partial charge on any atom is -0.493 e. The number of rotatable bonds is 9. The summed E-state index contributed by atoms with van der Waals surface area (Å²) >= 11 is 0. The van der Waals surface area contributed by atoms with Gasteiger partial charge in [-0.25, -0.2) is 8.42 Å². The van der Waals surface area contributed by atoms with Crippen molar-refractivity contribution in [1.29, 1.82) is 0 Å². The van der Waals surface area contributed by atoms with Crippen LogP contribution in [0.25, 0.3) is 0 Å². The standard InChI is InChI=1S/C21H29N3O4S.HI/c1-5-16(15-29(25,26)18-10-8-7-9-11-18)23-21(22-3)24-17-12-13-19(28-6-2)20(14-17)27-4;/h7-14,16H,5-6,15H2,1-4H3,(H2,22,23,24);1H. The number of hydrogen-bond acceptors (Lipinski definition) is 5. The number of nitrogens with one attached hydrogen (secondary N) is 2. The molecular weight excluding hydrogens is 517 g/mol. The Labute approximate surface area is 196 Å². The van der Waals surface area contributed by atoms with Crippen molar-refractivity contribution in [3.05, 3.63) is 48.5 Å².